The highest BCUT2D eigenvalue weighted by molar-refractivity contribution is 9.13. The number of benzene rings is 1. The molecule has 0 N–H and O–H groups in total. The number of hydrogen-bond donors (Lipinski definition) is 0. The Hall–Kier alpha value is -0.650. The maximum atomic E-state index is 12.3. The van der Waals surface area contributed by atoms with Gasteiger partial charge in [-0.15, -0.1) is 11.3 Å². The molecule has 2 rings (SSSR count). The molecular formula is C16H17Br2NOS. The van der Waals surface area contributed by atoms with Crippen LogP contribution < -0.4 is 0 Å². The third kappa shape index (κ3) is 4.94. The lowest BCUT2D eigenvalue weighted by atomic mass is 10.1. The highest BCUT2D eigenvalue weighted by Gasteiger charge is 2.15. The van der Waals surface area contributed by atoms with E-state index in [0.717, 1.165) is 38.9 Å². The molecule has 1 heterocycles. The second-order valence-electron chi connectivity index (χ2n) is 4.90. The van der Waals surface area contributed by atoms with Crippen LogP contribution in [0.5, 0.6) is 0 Å². The van der Waals surface area contributed by atoms with Crippen molar-refractivity contribution in [3.8, 4) is 0 Å². The van der Waals surface area contributed by atoms with E-state index >= 15 is 0 Å². The Morgan fingerprint density at radius 3 is 2.52 bits per heavy atom. The van der Waals surface area contributed by atoms with Gasteiger partial charge in [-0.2, -0.15) is 0 Å². The van der Waals surface area contributed by atoms with Crippen molar-refractivity contribution in [2.45, 2.75) is 19.3 Å². The van der Waals surface area contributed by atoms with Gasteiger partial charge in [0.15, 0.2) is 0 Å². The molecule has 0 radical (unpaired) electrons. The van der Waals surface area contributed by atoms with E-state index in [1.807, 2.05) is 19.2 Å². The molecule has 2 aromatic rings. The van der Waals surface area contributed by atoms with Gasteiger partial charge < -0.3 is 4.90 Å². The van der Waals surface area contributed by atoms with Gasteiger partial charge in [0, 0.05) is 18.1 Å². The molecule has 0 spiro atoms. The van der Waals surface area contributed by atoms with Crippen molar-refractivity contribution in [3.63, 3.8) is 0 Å². The summed E-state index contributed by atoms with van der Waals surface area (Å²) >= 11 is 8.31. The zero-order chi connectivity index (χ0) is 15.2. The zero-order valence-corrected chi connectivity index (χ0v) is 15.8. The number of unbranched alkanes of at least 4 members (excludes halogenated alkanes) is 1. The summed E-state index contributed by atoms with van der Waals surface area (Å²) in [5.74, 6) is 0.0890. The molecule has 0 saturated carbocycles. The average Bonchev–Trinajstić information content (AvgIpc) is 2.83. The Morgan fingerprint density at radius 1 is 1.19 bits per heavy atom. The van der Waals surface area contributed by atoms with Crippen molar-refractivity contribution in [2.24, 2.45) is 0 Å². The van der Waals surface area contributed by atoms with E-state index in [2.05, 4.69) is 56.1 Å². The van der Waals surface area contributed by atoms with Crippen LogP contribution in [0.15, 0.2) is 44.7 Å². The molecule has 1 aromatic heterocycles. The number of carbonyl (C=O) groups is 1. The van der Waals surface area contributed by atoms with Gasteiger partial charge >= 0.3 is 0 Å². The van der Waals surface area contributed by atoms with Crippen LogP contribution in [0.3, 0.4) is 0 Å². The molecule has 0 saturated heterocycles. The van der Waals surface area contributed by atoms with Crippen molar-refractivity contribution in [2.75, 3.05) is 13.6 Å². The van der Waals surface area contributed by atoms with E-state index in [9.17, 15) is 4.79 Å². The fourth-order valence-corrected chi connectivity index (χ4v) is 4.09. The van der Waals surface area contributed by atoms with Crippen molar-refractivity contribution < 1.29 is 4.79 Å². The summed E-state index contributed by atoms with van der Waals surface area (Å²) < 4.78 is 1.90. The third-order valence-corrected chi connectivity index (χ3v) is 6.50. The van der Waals surface area contributed by atoms with Gasteiger partial charge in [0.05, 0.1) is 8.66 Å². The second kappa shape index (κ2) is 8.11. The minimum atomic E-state index is 0.0890. The van der Waals surface area contributed by atoms with Crippen molar-refractivity contribution in [1.29, 1.82) is 0 Å². The molecule has 0 aliphatic carbocycles. The molecule has 0 aliphatic rings. The summed E-state index contributed by atoms with van der Waals surface area (Å²) in [6.45, 7) is 0.790. The highest BCUT2D eigenvalue weighted by atomic mass is 79.9. The first-order chi connectivity index (χ1) is 10.1. The maximum Gasteiger partial charge on any atom is 0.263 e. The molecule has 0 atom stereocenters. The van der Waals surface area contributed by atoms with Gasteiger partial charge in [-0.3, -0.25) is 4.79 Å². The van der Waals surface area contributed by atoms with E-state index < -0.39 is 0 Å². The Labute approximate surface area is 146 Å². The van der Waals surface area contributed by atoms with Crippen LogP contribution in [0.2, 0.25) is 0 Å². The summed E-state index contributed by atoms with van der Waals surface area (Å²) in [5, 5.41) is 0. The molecule has 1 aromatic carbocycles. The number of halogens is 2. The lowest BCUT2D eigenvalue weighted by Crippen LogP contribution is -2.27. The fraction of sp³-hybridized carbons (Fsp3) is 0.312. The predicted molar refractivity (Wildman–Crippen MR) is 96.1 cm³/mol. The molecule has 5 heteroatoms. The molecule has 0 bridgehead atoms. The van der Waals surface area contributed by atoms with Crippen LogP contribution in [-0.2, 0) is 6.42 Å². The fourth-order valence-electron chi connectivity index (χ4n) is 2.06. The normalized spacial score (nSPS) is 10.6. The maximum absolute atomic E-state index is 12.3. The largest absolute Gasteiger partial charge is 0.341 e. The summed E-state index contributed by atoms with van der Waals surface area (Å²) in [5.41, 5.74) is 1.36. The summed E-state index contributed by atoms with van der Waals surface area (Å²) in [6, 6.07) is 12.3. The van der Waals surface area contributed by atoms with Gasteiger partial charge in [0.1, 0.15) is 0 Å². The number of carbonyl (C=O) groups excluding carboxylic acids is 1. The second-order valence-corrected chi connectivity index (χ2v) is 8.13. The number of nitrogens with zero attached hydrogens (tertiary/aromatic N) is 1. The quantitative estimate of drug-likeness (QED) is 0.564. The summed E-state index contributed by atoms with van der Waals surface area (Å²) in [7, 11) is 1.87. The lowest BCUT2D eigenvalue weighted by Gasteiger charge is -2.16. The molecule has 0 aliphatic heterocycles. The van der Waals surface area contributed by atoms with Gasteiger partial charge in [-0.25, -0.2) is 0 Å². The number of rotatable bonds is 6. The van der Waals surface area contributed by atoms with Crippen LogP contribution in [0.25, 0.3) is 0 Å². The summed E-state index contributed by atoms with van der Waals surface area (Å²) in [6.07, 6.45) is 3.18. The smallest absolute Gasteiger partial charge is 0.263 e. The van der Waals surface area contributed by atoms with Gasteiger partial charge in [-0.05, 0) is 62.8 Å². The van der Waals surface area contributed by atoms with Crippen molar-refractivity contribution in [3.05, 3.63) is 55.1 Å². The SMILES string of the molecule is CN(CCCCc1ccccc1)C(=O)c1cc(Br)c(Br)s1. The predicted octanol–water partition coefficient (Wildman–Crippen LogP) is 5.37. The Bertz CT molecular complexity index is 578. The van der Waals surface area contributed by atoms with Crippen LogP contribution in [0, 0.1) is 0 Å². The van der Waals surface area contributed by atoms with Crippen molar-refractivity contribution in [1.82, 2.24) is 4.90 Å². The molecule has 112 valence electrons. The van der Waals surface area contributed by atoms with E-state index in [1.165, 1.54) is 16.9 Å². The van der Waals surface area contributed by atoms with E-state index in [4.69, 9.17) is 0 Å². The van der Waals surface area contributed by atoms with Crippen LogP contribution in [0.4, 0.5) is 0 Å². The van der Waals surface area contributed by atoms with Gasteiger partial charge in [-0.1, -0.05) is 30.3 Å². The first-order valence-corrected chi connectivity index (χ1v) is 9.22. The number of hydrogen-bond acceptors (Lipinski definition) is 2. The number of thiophene rings is 1. The Morgan fingerprint density at radius 2 is 1.90 bits per heavy atom. The molecule has 0 fully saturated rings. The average molecular weight is 431 g/mol. The van der Waals surface area contributed by atoms with Crippen molar-refractivity contribution >= 4 is 49.1 Å². The topological polar surface area (TPSA) is 20.3 Å². The Balaban J connectivity index is 1.76. The molecule has 1 amide bonds. The highest BCUT2D eigenvalue weighted by Crippen LogP contribution is 2.32. The summed E-state index contributed by atoms with van der Waals surface area (Å²) in [4.78, 5) is 14.8. The van der Waals surface area contributed by atoms with Gasteiger partial charge in [0.2, 0.25) is 0 Å². The minimum absolute atomic E-state index is 0.0890. The minimum Gasteiger partial charge on any atom is -0.341 e. The Kier molecular flexibility index (Phi) is 6.45. The first kappa shape index (κ1) is 16.7. The molecule has 2 nitrogen and oxygen atoms in total. The standard InChI is InChI=1S/C16H17Br2NOS/c1-19(16(20)14-11-13(17)15(18)21-14)10-6-5-9-12-7-3-2-4-8-12/h2-4,7-8,11H,5-6,9-10H2,1H3. The van der Waals surface area contributed by atoms with E-state index in [1.54, 1.807) is 4.90 Å². The van der Waals surface area contributed by atoms with Crippen LogP contribution >= 0.6 is 43.2 Å². The molecular weight excluding hydrogens is 414 g/mol. The third-order valence-electron chi connectivity index (χ3n) is 3.25. The number of aryl methyl sites for hydroxylation is 1. The number of amides is 1. The van der Waals surface area contributed by atoms with E-state index in [0.29, 0.717) is 0 Å². The first-order valence-electron chi connectivity index (χ1n) is 6.82. The van der Waals surface area contributed by atoms with E-state index in [-0.39, 0.29) is 5.91 Å². The monoisotopic (exact) mass is 429 g/mol. The van der Waals surface area contributed by atoms with Crippen LogP contribution in [-0.4, -0.2) is 24.4 Å². The zero-order valence-electron chi connectivity index (χ0n) is 11.8. The lowest BCUT2D eigenvalue weighted by molar-refractivity contribution is 0.0797. The van der Waals surface area contributed by atoms with Gasteiger partial charge in [0.25, 0.3) is 5.91 Å². The molecule has 0 unspecified atom stereocenters. The van der Waals surface area contributed by atoms with Crippen LogP contribution in [0.1, 0.15) is 28.1 Å². The molecule has 21 heavy (non-hydrogen) atoms.